The molecule has 0 aliphatic heterocycles. The Bertz CT molecular complexity index is 628. The van der Waals surface area contributed by atoms with Gasteiger partial charge < -0.3 is 4.42 Å². The second-order valence-electron chi connectivity index (χ2n) is 6.41. The smallest absolute Gasteiger partial charge is 0.198 e. The molecule has 0 fully saturated rings. The number of carbonyl (C=O) groups excluding carboxylic acids is 2. The normalized spacial score (nSPS) is 13.4. The van der Waals surface area contributed by atoms with E-state index < -0.39 is 0 Å². The van der Waals surface area contributed by atoms with Gasteiger partial charge in [-0.05, 0) is 24.5 Å². The maximum atomic E-state index is 12.9. The fourth-order valence-corrected chi connectivity index (χ4v) is 3.02. The maximum absolute atomic E-state index is 12.9. The zero-order chi connectivity index (χ0) is 17.4. The van der Waals surface area contributed by atoms with Gasteiger partial charge in [0.1, 0.15) is 0 Å². The van der Waals surface area contributed by atoms with E-state index >= 15 is 0 Å². The fraction of sp³-hybridized carbons (Fsp3) is 0.429. The third-order valence-corrected chi connectivity index (χ3v) is 4.55. The van der Waals surface area contributed by atoms with E-state index in [0.29, 0.717) is 11.3 Å². The SMILES string of the molecule is CCCCCC(C)C(CC(=O)c1ccco1)C(=O)c1ccccc1. The molecule has 0 radical (unpaired) electrons. The lowest BCUT2D eigenvalue weighted by molar-refractivity contribution is 0.0792. The Labute approximate surface area is 144 Å². The molecule has 0 N–H and O–H groups in total. The van der Waals surface area contributed by atoms with E-state index in [1.165, 1.54) is 6.26 Å². The van der Waals surface area contributed by atoms with Crippen LogP contribution in [0, 0.1) is 11.8 Å². The topological polar surface area (TPSA) is 47.3 Å². The molecule has 0 spiro atoms. The number of carbonyl (C=O) groups is 2. The minimum Gasteiger partial charge on any atom is -0.461 e. The molecular weight excluding hydrogens is 300 g/mol. The van der Waals surface area contributed by atoms with Crippen molar-refractivity contribution in [3.8, 4) is 0 Å². The summed E-state index contributed by atoms with van der Waals surface area (Å²) in [5.41, 5.74) is 0.678. The van der Waals surface area contributed by atoms with Gasteiger partial charge in [0.2, 0.25) is 0 Å². The summed E-state index contributed by atoms with van der Waals surface area (Å²) in [6.45, 7) is 4.24. The van der Waals surface area contributed by atoms with Crippen LogP contribution in [0.3, 0.4) is 0 Å². The quantitative estimate of drug-likeness (QED) is 0.424. The first-order chi connectivity index (χ1) is 11.6. The summed E-state index contributed by atoms with van der Waals surface area (Å²) in [7, 11) is 0. The van der Waals surface area contributed by atoms with Crippen molar-refractivity contribution in [2.75, 3.05) is 0 Å². The van der Waals surface area contributed by atoms with Crippen molar-refractivity contribution in [2.45, 2.75) is 46.0 Å². The number of furan rings is 1. The van der Waals surface area contributed by atoms with Gasteiger partial charge in [0.25, 0.3) is 0 Å². The molecule has 0 amide bonds. The second-order valence-corrected chi connectivity index (χ2v) is 6.41. The van der Waals surface area contributed by atoms with Crippen LogP contribution in [0.2, 0.25) is 0 Å². The monoisotopic (exact) mass is 326 g/mol. The van der Waals surface area contributed by atoms with Gasteiger partial charge in [-0.15, -0.1) is 0 Å². The largest absolute Gasteiger partial charge is 0.461 e. The van der Waals surface area contributed by atoms with Crippen molar-refractivity contribution >= 4 is 11.6 Å². The Balaban J connectivity index is 2.14. The first kappa shape index (κ1) is 18.2. The molecule has 1 aromatic heterocycles. The van der Waals surface area contributed by atoms with Crippen LogP contribution in [-0.4, -0.2) is 11.6 Å². The fourth-order valence-electron chi connectivity index (χ4n) is 3.02. The molecule has 0 bridgehead atoms. The number of ketones is 2. The van der Waals surface area contributed by atoms with Crippen molar-refractivity contribution in [3.05, 3.63) is 60.1 Å². The van der Waals surface area contributed by atoms with Crippen LogP contribution in [0.15, 0.2) is 53.1 Å². The molecule has 1 aromatic carbocycles. The minimum atomic E-state index is -0.304. The van der Waals surface area contributed by atoms with Crippen molar-refractivity contribution in [1.29, 1.82) is 0 Å². The highest BCUT2D eigenvalue weighted by Crippen LogP contribution is 2.27. The Hall–Kier alpha value is -2.16. The predicted molar refractivity (Wildman–Crippen MR) is 95.2 cm³/mol. The van der Waals surface area contributed by atoms with Crippen LogP contribution in [0.25, 0.3) is 0 Å². The van der Waals surface area contributed by atoms with Gasteiger partial charge in [-0.3, -0.25) is 9.59 Å². The lowest BCUT2D eigenvalue weighted by atomic mass is 9.80. The van der Waals surface area contributed by atoms with E-state index in [4.69, 9.17) is 4.42 Å². The standard InChI is InChI=1S/C21H26O3/c1-3-4-6-10-16(2)18(15-19(22)20-13-9-14-24-20)21(23)17-11-7-5-8-12-17/h5,7-9,11-14,16,18H,3-4,6,10,15H2,1-2H3. The van der Waals surface area contributed by atoms with Crippen LogP contribution < -0.4 is 0 Å². The lowest BCUT2D eigenvalue weighted by Gasteiger charge is -2.22. The average molecular weight is 326 g/mol. The van der Waals surface area contributed by atoms with E-state index in [9.17, 15) is 9.59 Å². The first-order valence-corrected chi connectivity index (χ1v) is 8.79. The summed E-state index contributed by atoms with van der Waals surface area (Å²) in [5, 5.41) is 0. The molecule has 3 heteroatoms. The van der Waals surface area contributed by atoms with Crippen molar-refractivity contribution in [3.63, 3.8) is 0 Å². The average Bonchev–Trinajstić information content (AvgIpc) is 3.14. The van der Waals surface area contributed by atoms with Crippen molar-refractivity contribution < 1.29 is 14.0 Å². The van der Waals surface area contributed by atoms with Crippen LogP contribution in [0.5, 0.6) is 0 Å². The molecule has 0 aliphatic rings. The summed E-state index contributed by atoms with van der Waals surface area (Å²) in [6, 6.07) is 12.6. The maximum Gasteiger partial charge on any atom is 0.198 e. The molecule has 2 aromatic rings. The van der Waals surface area contributed by atoms with Gasteiger partial charge in [-0.2, -0.15) is 0 Å². The Kier molecular flexibility index (Phi) is 6.98. The van der Waals surface area contributed by atoms with Gasteiger partial charge in [0, 0.05) is 17.9 Å². The van der Waals surface area contributed by atoms with E-state index in [1.54, 1.807) is 12.1 Å². The molecular formula is C21H26O3. The highest BCUT2D eigenvalue weighted by atomic mass is 16.3. The van der Waals surface area contributed by atoms with Crippen molar-refractivity contribution in [1.82, 2.24) is 0 Å². The molecule has 128 valence electrons. The molecule has 24 heavy (non-hydrogen) atoms. The van der Waals surface area contributed by atoms with E-state index in [2.05, 4.69) is 13.8 Å². The van der Waals surface area contributed by atoms with Crippen LogP contribution in [0.1, 0.15) is 66.9 Å². The number of benzene rings is 1. The van der Waals surface area contributed by atoms with E-state index in [-0.39, 0.29) is 29.8 Å². The lowest BCUT2D eigenvalue weighted by Crippen LogP contribution is -2.25. The number of Topliss-reactive ketones (excluding diaryl/α,β-unsaturated/α-hetero) is 2. The highest BCUT2D eigenvalue weighted by Gasteiger charge is 2.29. The van der Waals surface area contributed by atoms with Gasteiger partial charge in [0.15, 0.2) is 17.3 Å². The summed E-state index contributed by atoms with van der Waals surface area (Å²) in [4.78, 5) is 25.4. The van der Waals surface area contributed by atoms with Crippen LogP contribution in [0.4, 0.5) is 0 Å². The Morgan fingerprint density at radius 3 is 2.42 bits per heavy atom. The molecule has 0 aliphatic carbocycles. The summed E-state index contributed by atoms with van der Waals surface area (Å²) in [5.74, 6) is 0.155. The molecule has 0 saturated heterocycles. The molecule has 3 nitrogen and oxygen atoms in total. The van der Waals surface area contributed by atoms with Gasteiger partial charge in [-0.25, -0.2) is 0 Å². The van der Waals surface area contributed by atoms with Gasteiger partial charge >= 0.3 is 0 Å². The highest BCUT2D eigenvalue weighted by molar-refractivity contribution is 6.02. The molecule has 1 heterocycles. The first-order valence-electron chi connectivity index (χ1n) is 8.79. The molecule has 2 atom stereocenters. The number of rotatable bonds is 10. The summed E-state index contributed by atoms with van der Waals surface area (Å²) in [6.07, 6.45) is 6.05. The number of hydrogen-bond donors (Lipinski definition) is 0. The number of hydrogen-bond acceptors (Lipinski definition) is 3. The van der Waals surface area contributed by atoms with Crippen molar-refractivity contribution in [2.24, 2.45) is 11.8 Å². The van der Waals surface area contributed by atoms with Gasteiger partial charge in [0.05, 0.1) is 6.26 Å². The minimum absolute atomic E-state index is 0.0551. The van der Waals surface area contributed by atoms with Gasteiger partial charge in [-0.1, -0.05) is 63.4 Å². The zero-order valence-electron chi connectivity index (χ0n) is 14.5. The molecule has 2 unspecified atom stereocenters. The number of unbranched alkanes of at least 4 members (excludes halogenated alkanes) is 2. The predicted octanol–water partition coefficient (Wildman–Crippen LogP) is 5.57. The van der Waals surface area contributed by atoms with E-state index in [0.717, 1.165) is 25.7 Å². The molecule has 0 saturated carbocycles. The van der Waals surface area contributed by atoms with E-state index in [1.807, 2.05) is 30.3 Å². The summed E-state index contributed by atoms with van der Waals surface area (Å²) < 4.78 is 5.20. The van der Waals surface area contributed by atoms with Crippen LogP contribution in [-0.2, 0) is 0 Å². The van der Waals surface area contributed by atoms with Crippen LogP contribution >= 0.6 is 0 Å². The molecule has 2 rings (SSSR count). The Morgan fingerprint density at radius 2 is 1.79 bits per heavy atom. The summed E-state index contributed by atoms with van der Waals surface area (Å²) >= 11 is 0. The third kappa shape index (κ3) is 4.92. The zero-order valence-corrected chi connectivity index (χ0v) is 14.5. The third-order valence-electron chi connectivity index (χ3n) is 4.55. The second kappa shape index (κ2) is 9.21. The Morgan fingerprint density at radius 1 is 1.04 bits per heavy atom.